The summed E-state index contributed by atoms with van der Waals surface area (Å²) >= 11 is 5.71. The third kappa shape index (κ3) is 3.15. The van der Waals surface area contributed by atoms with Crippen LogP contribution in [0.25, 0.3) is 0 Å². The van der Waals surface area contributed by atoms with Crippen LogP contribution in [0.3, 0.4) is 0 Å². The van der Waals surface area contributed by atoms with Gasteiger partial charge in [0.25, 0.3) is 0 Å². The Balaban J connectivity index is 3.10. The Morgan fingerprint density at radius 3 is 2.75 bits per heavy atom. The Morgan fingerprint density at radius 1 is 1.62 bits per heavy atom. The van der Waals surface area contributed by atoms with Gasteiger partial charge in [-0.1, -0.05) is 11.6 Å². The van der Waals surface area contributed by atoms with Crippen molar-refractivity contribution in [3.63, 3.8) is 0 Å². The van der Waals surface area contributed by atoms with E-state index >= 15 is 0 Å². The second-order valence-electron chi connectivity index (χ2n) is 4.11. The zero-order chi connectivity index (χ0) is 12.3. The average Bonchev–Trinajstić information content (AvgIpc) is 2.16. The molecule has 1 rings (SSSR count). The van der Waals surface area contributed by atoms with Crippen molar-refractivity contribution in [3.05, 3.63) is 17.0 Å². The van der Waals surface area contributed by atoms with Crippen LogP contribution in [0.5, 0.6) is 0 Å². The highest BCUT2D eigenvalue weighted by Gasteiger charge is 2.20. The van der Waals surface area contributed by atoms with E-state index in [1.807, 2.05) is 0 Å². The van der Waals surface area contributed by atoms with Crippen molar-refractivity contribution >= 4 is 23.2 Å². The Hall–Kier alpha value is -1.20. The maximum atomic E-state index is 11.3. The van der Waals surface area contributed by atoms with Gasteiger partial charge in [0.1, 0.15) is 10.8 Å². The Kier molecular flexibility index (Phi) is 3.83. The summed E-state index contributed by atoms with van der Waals surface area (Å²) in [5.74, 6) is 0.0828. The standard InChI is InChI=1S/C10H14ClN3O2/c1-6(16)8-9(13-7(11)4-12-8)14-10(2,3)5-15/h4,15H,5H2,1-3H3,(H,13,14). The van der Waals surface area contributed by atoms with Crippen LogP contribution in [0.15, 0.2) is 6.20 Å². The maximum Gasteiger partial charge on any atom is 0.181 e. The molecule has 1 aromatic rings. The lowest BCUT2D eigenvalue weighted by molar-refractivity contribution is 0.101. The fraction of sp³-hybridized carbons (Fsp3) is 0.500. The number of hydrogen-bond acceptors (Lipinski definition) is 5. The molecule has 6 heteroatoms. The molecular weight excluding hydrogens is 230 g/mol. The molecule has 0 aromatic carbocycles. The molecule has 0 aliphatic rings. The van der Waals surface area contributed by atoms with Gasteiger partial charge in [0.15, 0.2) is 11.6 Å². The van der Waals surface area contributed by atoms with E-state index in [1.165, 1.54) is 13.1 Å². The van der Waals surface area contributed by atoms with Gasteiger partial charge in [-0.3, -0.25) is 4.79 Å². The van der Waals surface area contributed by atoms with E-state index in [1.54, 1.807) is 13.8 Å². The molecule has 0 amide bonds. The molecule has 88 valence electrons. The molecule has 16 heavy (non-hydrogen) atoms. The number of aliphatic hydroxyl groups is 1. The molecular formula is C10H14ClN3O2. The lowest BCUT2D eigenvalue weighted by Gasteiger charge is -2.24. The monoisotopic (exact) mass is 243 g/mol. The molecule has 0 atom stereocenters. The Morgan fingerprint density at radius 2 is 2.25 bits per heavy atom. The average molecular weight is 244 g/mol. The number of carbonyl (C=O) groups excluding carboxylic acids is 1. The quantitative estimate of drug-likeness (QED) is 0.785. The van der Waals surface area contributed by atoms with Crippen LogP contribution >= 0.6 is 11.6 Å². The van der Waals surface area contributed by atoms with Crippen molar-refractivity contribution in [3.8, 4) is 0 Å². The van der Waals surface area contributed by atoms with Crippen LogP contribution in [0.1, 0.15) is 31.3 Å². The molecule has 0 saturated heterocycles. The molecule has 0 saturated carbocycles. The number of hydrogen-bond donors (Lipinski definition) is 2. The first-order valence-corrected chi connectivity index (χ1v) is 5.16. The van der Waals surface area contributed by atoms with Crippen molar-refractivity contribution in [2.24, 2.45) is 0 Å². The summed E-state index contributed by atoms with van der Waals surface area (Å²) in [6, 6.07) is 0. The fourth-order valence-electron chi connectivity index (χ4n) is 1.07. The highest BCUT2D eigenvalue weighted by molar-refractivity contribution is 6.29. The van der Waals surface area contributed by atoms with Crippen LogP contribution in [0.2, 0.25) is 5.15 Å². The summed E-state index contributed by atoms with van der Waals surface area (Å²) in [6.07, 6.45) is 1.31. The van der Waals surface area contributed by atoms with Gasteiger partial charge in [-0.2, -0.15) is 0 Å². The first-order chi connectivity index (χ1) is 7.35. The summed E-state index contributed by atoms with van der Waals surface area (Å²) < 4.78 is 0. The number of aliphatic hydroxyl groups excluding tert-OH is 1. The first kappa shape index (κ1) is 12.9. The van der Waals surface area contributed by atoms with E-state index in [0.29, 0.717) is 5.82 Å². The highest BCUT2D eigenvalue weighted by Crippen LogP contribution is 2.18. The predicted molar refractivity (Wildman–Crippen MR) is 61.8 cm³/mol. The number of nitrogens with one attached hydrogen (secondary N) is 1. The van der Waals surface area contributed by atoms with E-state index < -0.39 is 5.54 Å². The zero-order valence-electron chi connectivity index (χ0n) is 9.41. The molecule has 1 aromatic heterocycles. The molecule has 2 N–H and O–H groups in total. The largest absolute Gasteiger partial charge is 0.394 e. The van der Waals surface area contributed by atoms with Gasteiger partial charge in [-0.05, 0) is 13.8 Å². The van der Waals surface area contributed by atoms with Crippen LogP contribution in [-0.2, 0) is 0 Å². The number of carbonyl (C=O) groups is 1. The lowest BCUT2D eigenvalue weighted by atomic mass is 10.1. The second-order valence-corrected chi connectivity index (χ2v) is 4.50. The molecule has 0 aliphatic carbocycles. The Bertz CT molecular complexity index is 407. The molecule has 0 aliphatic heterocycles. The third-order valence-electron chi connectivity index (χ3n) is 1.93. The van der Waals surface area contributed by atoms with Crippen LogP contribution < -0.4 is 5.32 Å². The zero-order valence-corrected chi connectivity index (χ0v) is 10.2. The normalized spacial score (nSPS) is 11.3. The van der Waals surface area contributed by atoms with E-state index in [0.717, 1.165) is 0 Å². The lowest BCUT2D eigenvalue weighted by Crippen LogP contribution is -2.36. The van der Waals surface area contributed by atoms with Crippen molar-refractivity contribution in [2.75, 3.05) is 11.9 Å². The highest BCUT2D eigenvalue weighted by atomic mass is 35.5. The Labute approximate surface area is 98.9 Å². The van der Waals surface area contributed by atoms with Crippen LogP contribution in [0.4, 0.5) is 5.82 Å². The SMILES string of the molecule is CC(=O)c1ncc(Cl)nc1NC(C)(C)CO. The fourth-order valence-corrected chi connectivity index (χ4v) is 1.21. The van der Waals surface area contributed by atoms with Gasteiger partial charge >= 0.3 is 0 Å². The van der Waals surface area contributed by atoms with Gasteiger partial charge in [-0.25, -0.2) is 9.97 Å². The first-order valence-electron chi connectivity index (χ1n) is 4.78. The maximum absolute atomic E-state index is 11.3. The van der Waals surface area contributed by atoms with Crippen molar-refractivity contribution < 1.29 is 9.90 Å². The van der Waals surface area contributed by atoms with Crippen molar-refractivity contribution in [1.82, 2.24) is 9.97 Å². The number of ketones is 1. The van der Waals surface area contributed by atoms with Gasteiger partial charge in [0.2, 0.25) is 0 Å². The molecule has 1 heterocycles. The summed E-state index contributed by atoms with van der Waals surface area (Å²) in [7, 11) is 0. The molecule has 0 bridgehead atoms. The van der Waals surface area contributed by atoms with Gasteiger partial charge in [-0.15, -0.1) is 0 Å². The van der Waals surface area contributed by atoms with Gasteiger partial charge in [0, 0.05) is 6.92 Å². The number of aromatic nitrogens is 2. The molecule has 5 nitrogen and oxygen atoms in total. The minimum atomic E-state index is -0.594. The van der Waals surface area contributed by atoms with Crippen LogP contribution in [0, 0.1) is 0 Å². The van der Waals surface area contributed by atoms with Crippen molar-refractivity contribution in [1.29, 1.82) is 0 Å². The number of nitrogens with zero attached hydrogens (tertiary/aromatic N) is 2. The topological polar surface area (TPSA) is 75.1 Å². The smallest absolute Gasteiger partial charge is 0.181 e. The number of halogens is 1. The van der Waals surface area contributed by atoms with Gasteiger partial charge < -0.3 is 10.4 Å². The molecule has 0 unspecified atom stereocenters. The minimum Gasteiger partial charge on any atom is -0.394 e. The molecule has 0 fully saturated rings. The number of Topliss-reactive ketones (excluding diaryl/α,β-unsaturated/α-hetero) is 1. The molecule has 0 radical (unpaired) electrons. The summed E-state index contributed by atoms with van der Waals surface area (Å²) in [6.45, 7) is 4.85. The third-order valence-corrected chi connectivity index (χ3v) is 2.11. The van der Waals surface area contributed by atoms with Crippen LogP contribution in [-0.4, -0.2) is 33.0 Å². The second kappa shape index (κ2) is 4.76. The van der Waals surface area contributed by atoms with E-state index in [9.17, 15) is 4.79 Å². The summed E-state index contributed by atoms with van der Waals surface area (Å²) in [5.41, 5.74) is -0.380. The summed E-state index contributed by atoms with van der Waals surface area (Å²) in [5, 5.41) is 12.3. The van der Waals surface area contributed by atoms with E-state index in [2.05, 4.69) is 15.3 Å². The minimum absolute atomic E-state index is 0.0987. The van der Waals surface area contributed by atoms with E-state index in [4.69, 9.17) is 16.7 Å². The predicted octanol–water partition coefficient (Wildman–Crippen LogP) is 1.52. The number of rotatable bonds is 4. The molecule has 0 spiro atoms. The van der Waals surface area contributed by atoms with Crippen molar-refractivity contribution in [2.45, 2.75) is 26.3 Å². The number of anilines is 1. The van der Waals surface area contributed by atoms with E-state index in [-0.39, 0.29) is 23.2 Å². The summed E-state index contributed by atoms with van der Waals surface area (Å²) in [4.78, 5) is 19.2. The van der Waals surface area contributed by atoms with Gasteiger partial charge in [0.05, 0.1) is 18.3 Å².